The van der Waals surface area contributed by atoms with Crippen LogP contribution in [0.1, 0.15) is 12.5 Å². The molecule has 0 aliphatic carbocycles. The van der Waals surface area contributed by atoms with Crippen molar-refractivity contribution in [2.24, 2.45) is 0 Å². The first-order valence-corrected chi connectivity index (χ1v) is 3.66. The number of rotatable bonds is 1. The summed E-state index contributed by atoms with van der Waals surface area (Å²) in [6, 6.07) is 6.08. The van der Waals surface area contributed by atoms with Crippen molar-refractivity contribution in [3.8, 4) is 0 Å². The second-order valence-corrected chi connectivity index (χ2v) is 2.41. The first kappa shape index (κ1) is 7.80. The summed E-state index contributed by atoms with van der Waals surface area (Å²) in [5.41, 5.74) is 1.11. The third-order valence-electron chi connectivity index (χ3n) is 1.78. The van der Waals surface area contributed by atoms with E-state index in [9.17, 15) is 0 Å². The summed E-state index contributed by atoms with van der Waals surface area (Å²) in [6.45, 7) is 9.68. The van der Waals surface area contributed by atoms with Gasteiger partial charge in [-0.3, -0.25) is 0 Å². The van der Waals surface area contributed by atoms with E-state index in [2.05, 4.69) is 25.3 Å². The molecule has 0 unspecified atom stereocenters. The van der Waals surface area contributed by atoms with Crippen LogP contribution in [0.4, 0.5) is 0 Å². The van der Waals surface area contributed by atoms with E-state index >= 15 is 0 Å². The molecule has 0 fully saturated rings. The molecule has 0 aliphatic heterocycles. The van der Waals surface area contributed by atoms with Crippen LogP contribution < -0.4 is 10.4 Å². The average molecular weight is 144 g/mol. The fourth-order valence-electron chi connectivity index (χ4n) is 1.08. The van der Waals surface area contributed by atoms with E-state index in [4.69, 9.17) is 0 Å². The van der Waals surface area contributed by atoms with E-state index < -0.39 is 0 Å². The van der Waals surface area contributed by atoms with Crippen LogP contribution in [0, 0.1) is 0 Å². The molecule has 0 amide bonds. The monoisotopic (exact) mass is 144 g/mol. The molecular weight excluding hydrogens is 132 g/mol. The molecule has 0 N–H and O–H groups in total. The molecule has 0 spiro atoms. The lowest BCUT2D eigenvalue weighted by Gasteiger charge is -1.93. The molecule has 1 aromatic carbocycles. The highest BCUT2D eigenvalue weighted by Crippen LogP contribution is 1.88. The van der Waals surface area contributed by atoms with Crippen molar-refractivity contribution in [2.75, 3.05) is 0 Å². The highest BCUT2D eigenvalue weighted by molar-refractivity contribution is 5.49. The largest absolute Gasteiger partial charge is 0.0984 e. The Hall–Kier alpha value is -1.30. The van der Waals surface area contributed by atoms with Crippen molar-refractivity contribution in [1.29, 1.82) is 0 Å². The Bertz CT molecular complexity index is 358. The summed E-state index contributed by atoms with van der Waals surface area (Å²) in [6.07, 6.45) is 3.88. The van der Waals surface area contributed by atoms with Gasteiger partial charge in [-0.05, 0) is 22.9 Å². The molecular formula is C11H12. The molecule has 0 heteroatoms. The number of hydrogen-bond donors (Lipinski definition) is 0. The third kappa shape index (κ3) is 1.40. The number of benzene rings is 1. The van der Waals surface area contributed by atoms with Crippen molar-refractivity contribution >= 4 is 18.7 Å². The van der Waals surface area contributed by atoms with E-state index in [0.717, 1.165) is 10.8 Å². The zero-order valence-corrected chi connectivity index (χ0v) is 6.80. The van der Waals surface area contributed by atoms with Gasteiger partial charge in [0.15, 0.2) is 0 Å². The number of hydrogen-bond acceptors (Lipinski definition) is 0. The van der Waals surface area contributed by atoms with Crippen molar-refractivity contribution in [1.82, 2.24) is 0 Å². The molecule has 0 radical (unpaired) electrons. The van der Waals surface area contributed by atoms with Gasteiger partial charge in [0.05, 0.1) is 0 Å². The highest BCUT2D eigenvalue weighted by Gasteiger charge is 1.86. The first-order chi connectivity index (χ1) is 5.29. The lowest BCUT2D eigenvalue weighted by Crippen LogP contribution is -2.24. The van der Waals surface area contributed by atoms with Gasteiger partial charge in [-0.1, -0.05) is 43.5 Å². The van der Waals surface area contributed by atoms with Crippen molar-refractivity contribution in [3.63, 3.8) is 0 Å². The minimum Gasteiger partial charge on any atom is -0.0984 e. The van der Waals surface area contributed by atoms with Crippen LogP contribution in [0.25, 0.3) is 18.7 Å². The smallest absolute Gasteiger partial charge is 0.0187 e. The Balaban J connectivity index is 3.58. The van der Waals surface area contributed by atoms with E-state index in [0.29, 0.717) is 0 Å². The maximum Gasteiger partial charge on any atom is -0.0187 e. The van der Waals surface area contributed by atoms with Crippen molar-refractivity contribution in [2.45, 2.75) is 6.92 Å². The van der Waals surface area contributed by atoms with Gasteiger partial charge in [0, 0.05) is 0 Å². The molecule has 0 saturated heterocycles. The van der Waals surface area contributed by atoms with Gasteiger partial charge < -0.3 is 0 Å². The van der Waals surface area contributed by atoms with Crippen LogP contribution in [0.5, 0.6) is 0 Å². The topological polar surface area (TPSA) is 0 Å². The third-order valence-corrected chi connectivity index (χ3v) is 1.78. The Morgan fingerprint density at radius 1 is 1.36 bits per heavy atom. The zero-order chi connectivity index (χ0) is 8.27. The Morgan fingerprint density at radius 3 is 2.64 bits per heavy atom. The predicted molar refractivity (Wildman–Crippen MR) is 51.4 cm³/mol. The quantitative estimate of drug-likeness (QED) is 0.561. The van der Waals surface area contributed by atoms with Crippen LogP contribution in [0.15, 0.2) is 24.8 Å². The van der Waals surface area contributed by atoms with Crippen molar-refractivity contribution in [3.05, 3.63) is 40.8 Å². The van der Waals surface area contributed by atoms with Gasteiger partial charge in [-0.2, -0.15) is 0 Å². The van der Waals surface area contributed by atoms with Crippen LogP contribution in [-0.4, -0.2) is 0 Å². The molecule has 0 nitrogen and oxygen atoms in total. The van der Waals surface area contributed by atoms with E-state index in [-0.39, 0.29) is 0 Å². The maximum atomic E-state index is 3.96. The summed E-state index contributed by atoms with van der Waals surface area (Å²) in [5.74, 6) is 0. The summed E-state index contributed by atoms with van der Waals surface area (Å²) in [5, 5.41) is 2.24. The zero-order valence-electron chi connectivity index (χ0n) is 6.80. The molecule has 0 bridgehead atoms. The summed E-state index contributed by atoms with van der Waals surface area (Å²) < 4.78 is 0. The Kier molecular flexibility index (Phi) is 2.27. The molecule has 0 atom stereocenters. The van der Waals surface area contributed by atoms with Gasteiger partial charge in [-0.25, -0.2) is 0 Å². The average Bonchev–Trinajstić information content (AvgIpc) is 2.05. The Labute approximate surface area is 67.2 Å². The molecule has 0 aromatic heterocycles. The predicted octanol–water partition coefficient (Wildman–Crippen LogP) is 1.54. The molecule has 0 heterocycles. The standard InChI is InChI=1S/C11H12/c1-4-10-7-6-8-11(5-2)9(10)3/h4-8H,1,3H2,2H3/b11-5-. The van der Waals surface area contributed by atoms with Crippen molar-refractivity contribution < 1.29 is 0 Å². The lowest BCUT2D eigenvalue weighted by atomic mass is 10.1. The molecule has 11 heavy (non-hydrogen) atoms. The van der Waals surface area contributed by atoms with Crippen LogP contribution in [-0.2, 0) is 0 Å². The van der Waals surface area contributed by atoms with Crippen LogP contribution in [0.3, 0.4) is 0 Å². The van der Waals surface area contributed by atoms with Gasteiger partial charge in [-0.15, -0.1) is 0 Å². The summed E-state index contributed by atoms with van der Waals surface area (Å²) in [4.78, 5) is 0. The fraction of sp³-hybridized carbons (Fsp3) is 0.0909. The normalized spacial score (nSPS) is 11.5. The fourth-order valence-corrected chi connectivity index (χ4v) is 1.08. The molecule has 0 aliphatic rings. The molecule has 0 saturated carbocycles. The summed E-state index contributed by atoms with van der Waals surface area (Å²) >= 11 is 0. The van der Waals surface area contributed by atoms with Gasteiger partial charge in [0.25, 0.3) is 0 Å². The second-order valence-electron chi connectivity index (χ2n) is 2.41. The van der Waals surface area contributed by atoms with Gasteiger partial charge >= 0.3 is 0 Å². The molecule has 1 rings (SSSR count). The first-order valence-electron chi connectivity index (χ1n) is 3.66. The lowest BCUT2D eigenvalue weighted by molar-refractivity contribution is 1.49. The second kappa shape index (κ2) is 3.20. The SMILES string of the molecule is C=Cc1ccc/c(=C/C)c1=C. The highest BCUT2D eigenvalue weighted by atomic mass is 13.9. The van der Waals surface area contributed by atoms with Gasteiger partial charge in [0.1, 0.15) is 0 Å². The Morgan fingerprint density at radius 2 is 2.09 bits per heavy atom. The molecule has 56 valence electrons. The molecule has 1 aromatic rings. The van der Waals surface area contributed by atoms with Crippen LogP contribution in [0.2, 0.25) is 0 Å². The van der Waals surface area contributed by atoms with E-state index in [1.54, 1.807) is 0 Å². The van der Waals surface area contributed by atoms with E-state index in [1.165, 1.54) is 5.22 Å². The minimum atomic E-state index is 1.06. The van der Waals surface area contributed by atoms with Crippen LogP contribution >= 0.6 is 0 Å². The summed E-state index contributed by atoms with van der Waals surface area (Å²) in [7, 11) is 0. The maximum absolute atomic E-state index is 3.96. The minimum absolute atomic E-state index is 1.06. The van der Waals surface area contributed by atoms with E-state index in [1.807, 2.05) is 25.1 Å². The van der Waals surface area contributed by atoms with Gasteiger partial charge in [0.2, 0.25) is 0 Å².